The average Bonchev–Trinajstić information content (AvgIpc) is 2.74. The van der Waals surface area contributed by atoms with Gasteiger partial charge in [0.15, 0.2) is 0 Å². The molecule has 0 spiro atoms. The van der Waals surface area contributed by atoms with Crippen molar-refractivity contribution in [1.82, 2.24) is 0 Å². The molecule has 0 fully saturated rings. The first-order chi connectivity index (χ1) is 5.95. The Morgan fingerprint density at radius 3 is 1.67 bits per heavy atom. The van der Waals surface area contributed by atoms with Gasteiger partial charge < -0.3 is 0 Å². The summed E-state index contributed by atoms with van der Waals surface area (Å²) in [4.78, 5) is 0. The molecule has 2 rings (SSSR count). The van der Waals surface area contributed by atoms with Gasteiger partial charge in [-0.25, -0.2) is 0 Å². The number of hydrogen-bond acceptors (Lipinski definition) is 2. The van der Waals surface area contributed by atoms with Crippen LogP contribution in [0, 0.1) is 0 Å². The van der Waals surface area contributed by atoms with Crippen LogP contribution in [-0.4, -0.2) is 34.1 Å². The second-order valence-corrected chi connectivity index (χ2v) is 12.1. The SMILES string of the molecule is c1cc([Te][Te]c2ccoc2)co1. The van der Waals surface area contributed by atoms with Crippen molar-refractivity contribution in [3.8, 4) is 0 Å². The third kappa shape index (κ3) is 2.31. The van der Waals surface area contributed by atoms with Gasteiger partial charge in [-0.15, -0.1) is 0 Å². The van der Waals surface area contributed by atoms with Crippen LogP contribution in [-0.2, 0) is 0 Å². The Morgan fingerprint density at radius 1 is 0.833 bits per heavy atom. The van der Waals surface area contributed by atoms with Crippen LogP contribution < -0.4 is 7.22 Å². The van der Waals surface area contributed by atoms with E-state index in [0.717, 1.165) is 0 Å². The van der Waals surface area contributed by atoms with Gasteiger partial charge in [0.1, 0.15) is 0 Å². The first kappa shape index (κ1) is 8.72. The van der Waals surface area contributed by atoms with Gasteiger partial charge in [0, 0.05) is 0 Å². The zero-order valence-electron chi connectivity index (χ0n) is 6.10. The Bertz CT molecular complexity index is 278. The average molecular weight is 389 g/mol. The molecule has 0 aliphatic rings. The Balaban J connectivity index is 1.91. The van der Waals surface area contributed by atoms with Gasteiger partial charge in [-0.05, 0) is 0 Å². The molecule has 0 unspecified atom stereocenters. The van der Waals surface area contributed by atoms with Crippen molar-refractivity contribution in [3.63, 3.8) is 0 Å². The van der Waals surface area contributed by atoms with Crippen LogP contribution >= 0.6 is 0 Å². The van der Waals surface area contributed by atoms with Gasteiger partial charge in [-0.3, -0.25) is 0 Å². The quantitative estimate of drug-likeness (QED) is 0.699. The zero-order chi connectivity index (χ0) is 8.23. The molecule has 0 saturated heterocycles. The molecule has 0 aromatic carbocycles. The fourth-order valence-electron chi connectivity index (χ4n) is 0.695. The summed E-state index contributed by atoms with van der Waals surface area (Å²) in [6, 6.07) is 4.15. The van der Waals surface area contributed by atoms with E-state index in [9.17, 15) is 0 Å². The van der Waals surface area contributed by atoms with Crippen LogP contribution in [0.2, 0.25) is 0 Å². The van der Waals surface area contributed by atoms with Crippen LogP contribution in [0.25, 0.3) is 0 Å². The Labute approximate surface area is 86.7 Å². The third-order valence-electron chi connectivity index (χ3n) is 1.22. The van der Waals surface area contributed by atoms with Crippen molar-refractivity contribution in [2.45, 2.75) is 0 Å². The molecule has 0 amide bonds. The molecular weight excluding hydrogens is 383 g/mol. The first-order valence-corrected chi connectivity index (χ1v) is 13.0. The van der Waals surface area contributed by atoms with E-state index in [-0.39, 0.29) is 34.1 Å². The van der Waals surface area contributed by atoms with Gasteiger partial charge in [-0.2, -0.15) is 0 Å². The standard InChI is InChI=1S/C8H6O2Te2/c1-3-9-5-7(1)11-12-8-2-4-10-6-8/h1-6H. The normalized spacial score (nSPS) is 10.3. The Morgan fingerprint density at radius 2 is 1.33 bits per heavy atom. The summed E-state index contributed by atoms with van der Waals surface area (Å²) >= 11 is 0.0300. The molecule has 2 aromatic rings. The van der Waals surface area contributed by atoms with Crippen LogP contribution in [0.5, 0.6) is 0 Å². The number of furan rings is 2. The van der Waals surface area contributed by atoms with E-state index in [4.69, 9.17) is 8.83 Å². The topological polar surface area (TPSA) is 26.3 Å². The van der Waals surface area contributed by atoms with Crippen molar-refractivity contribution in [2.75, 3.05) is 0 Å². The summed E-state index contributed by atoms with van der Waals surface area (Å²) in [6.07, 6.45) is 7.24. The van der Waals surface area contributed by atoms with Crippen LogP contribution in [0.15, 0.2) is 46.0 Å². The monoisotopic (exact) mass is 394 g/mol. The molecule has 0 saturated carbocycles. The maximum atomic E-state index is 5.01. The van der Waals surface area contributed by atoms with E-state index in [2.05, 4.69) is 12.1 Å². The van der Waals surface area contributed by atoms with Crippen molar-refractivity contribution >= 4 is 41.3 Å². The van der Waals surface area contributed by atoms with Crippen LogP contribution in [0.3, 0.4) is 0 Å². The molecular formula is C8H6O2Te2. The fraction of sp³-hybridized carbons (Fsp3) is 0. The molecule has 0 aliphatic carbocycles. The summed E-state index contributed by atoms with van der Waals surface area (Å²) in [6.45, 7) is 0. The van der Waals surface area contributed by atoms with E-state index >= 15 is 0 Å². The minimum absolute atomic E-state index is 0.0150. The summed E-state index contributed by atoms with van der Waals surface area (Å²) < 4.78 is 12.9. The predicted molar refractivity (Wildman–Crippen MR) is 48.2 cm³/mol. The van der Waals surface area contributed by atoms with E-state index in [0.29, 0.717) is 0 Å². The van der Waals surface area contributed by atoms with Crippen LogP contribution in [0.1, 0.15) is 0 Å². The maximum absolute atomic E-state index is 5.01. The first-order valence-electron chi connectivity index (χ1n) is 3.34. The number of rotatable bonds is 3. The molecule has 0 bridgehead atoms. The van der Waals surface area contributed by atoms with Crippen LogP contribution in [0.4, 0.5) is 0 Å². The van der Waals surface area contributed by atoms with Crippen molar-refractivity contribution in [3.05, 3.63) is 37.2 Å². The second-order valence-electron chi connectivity index (χ2n) is 2.08. The molecule has 4 heteroatoms. The molecule has 62 valence electrons. The van der Waals surface area contributed by atoms with Gasteiger partial charge in [0.05, 0.1) is 0 Å². The van der Waals surface area contributed by atoms with Crippen molar-refractivity contribution in [1.29, 1.82) is 0 Å². The summed E-state index contributed by atoms with van der Waals surface area (Å²) in [5, 5.41) is 0. The zero-order valence-corrected chi connectivity index (χ0v) is 10.8. The molecule has 12 heavy (non-hydrogen) atoms. The summed E-state index contributed by atoms with van der Waals surface area (Å²) in [7, 11) is 0. The predicted octanol–water partition coefficient (Wildman–Crippen LogP) is 0.147. The van der Waals surface area contributed by atoms with Gasteiger partial charge in [0.2, 0.25) is 0 Å². The molecule has 2 aromatic heterocycles. The van der Waals surface area contributed by atoms with Crippen molar-refractivity contribution in [2.24, 2.45) is 0 Å². The molecule has 0 atom stereocenters. The molecule has 0 N–H and O–H groups in total. The molecule has 2 nitrogen and oxygen atoms in total. The Kier molecular flexibility index (Phi) is 3.20. The third-order valence-corrected chi connectivity index (χ3v) is 12.9. The molecule has 0 radical (unpaired) electrons. The minimum atomic E-state index is 0.0150. The van der Waals surface area contributed by atoms with Gasteiger partial charge in [-0.1, -0.05) is 0 Å². The van der Waals surface area contributed by atoms with E-state index in [1.54, 1.807) is 12.5 Å². The number of hydrogen-bond donors (Lipinski definition) is 0. The van der Waals surface area contributed by atoms with E-state index < -0.39 is 0 Å². The van der Waals surface area contributed by atoms with E-state index in [1.165, 1.54) is 7.22 Å². The second kappa shape index (κ2) is 4.40. The Hall–Kier alpha value is 0.139. The van der Waals surface area contributed by atoms with E-state index in [1.807, 2.05) is 12.5 Å². The summed E-state index contributed by atoms with van der Waals surface area (Å²) in [5.41, 5.74) is 0. The molecule has 0 aliphatic heterocycles. The van der Waals surface area contributed by atoms with Gasteiger partial charge in [0.25, 0.3) is 0 Å². The van der Waals surface area contributed by atoms with Crippen molar-refractivity contribution < 1.29 is 8.83 Å². The van der Waals surface area contributed by atoms with Gasteiger partial charge >= 0.3 is 87.4 Å². The fourth-order valence-corrected chi connectivity index (χ4v) is 9.74. The summed E-state index contributed by atoms with van der Waals surface area (Å²) in [5.74, 6) is 0. The molecule has 2 heterocycles.